The quantitative estimate of drug-likeness (QED) is 0.712. The predicted molar refractivity (Wildman–Crippen MR) is 47.2 cm³/mol. The number of halogens is 1. The number of rotatable bonds is 1. The van der Waals surface area contributed by atoms with Gasteiger partial charge in [0.25, 0.3) is 0 Å². The third-order valence-corrected chi connectivity index (χ3v) is 4.16. The Labute approximate surface area is 74.7 Å². The zero-order valence-corrected chi connectivity index (χ0v) is 8.48. The minimum absolute atomic E-state index is 0.238. The lowest BCUT2D eigenvalue weighted by Gasteiger charge is -1.92. The van der Waals surface area contributed by atoms with E-state index < -0.39 is 9.84 Å². The molecule has 0 aliphatic heterocycles. The molecule has 0 N–H and O–H groups in total. The number of sulfone groups is 1. The Hall–Kier alpha value is -0.0600. The molecule has 0 aliphatic rings. The molecule has 1 aromatic rings. The lowest BCUT2D eigenvalue weighted by molar-refractivity contribution is 0.602. The van der Waals surface area contributed by atoms with E-state index in [-0.39, 0.29) is 4.90 Å². The molecule has 0 unspecified atom stereocenters. The van der Waals surface area contributed by atoms with Crippen LogP contribution in [-0.4, -0.2) is 14.7 Å². The van der Waals surface area contributed by atoms with Crippen LogP contribution in [0.4, 0.5) is 0 Å². The molecule has 0 atom stereocenters. The van der Waals surface area contributed by atoms with Crippen LogP contribution in [0.5, 0.6) is 0 Å². The van der Waals surface area contributed by atoms with E-state index in [1.807, 2.05) is 0 Å². The fourth-order valence-electron chi connectivity index (χ4n) is 0.669. The van der Waals surface area contributed by atoms with Gasteiger partial charge in [0.2, 0.25) is 0 Å². The summed E-state index contributed by atoms with van der Waals surface area (Å²) < 4.78 is 22.0. The first-order valence-corrected chi connectivity index (χ1v) is 6.01. The van der Waals surface area contributed by atoms with E-state index in [0.717, 1.165) is 11.1 Å². The number of thiophene rings is 1. The molecule has 0 spiro atoms. The van der Waals surface area contributed by atoms with Gasteiger partial charge in [-0.1, -0.05) is 11.6 Å². The van der Waals surface area contributed by atoms with Crippen LogP contribution in [0.25, 0.3) is 0 Å². The second kappa shape index (κ2) is 2.77. The molecule has 1 aromatic heterocycles. The zero-order chi connectivity index (χ0) is 8.65. The molecular formula is C6H7ClO2S2. The summed E-state index contributed by atoms with van der Waals surface area (Å²) in [6.45, 7) is 1.79. The average molecular weight is 211 g/mol. The smallest absolute Gasteiger partial charge is 0.177 e. The Kier molecular flexibility index (Phi) is 2.27. The molecule has 2 nitrogen and oxygen atoms in total. The van der Waals surface area contributed by atoms with Crippen molar-refractivity contribution in [3.8, 4) is 0 Å². The van der Waals surface area contributed by atoms with Gasteiger partial charge >= 0.3 is 0 Å². The van der Waals surface area contributed by atoms with Gasteiger partial charge in [-0.05, 0) is 6.92 Å². The fraction of sp³-hybridized carbons (Fsp3) is 0.333. The van der Waals surface area contributed by atoms with E-state index in [1.165, 1.54) is 11.3 Å². The summed E-state index contributed by atoms with van der Waals surface area (Å²) in [5, 5.41) is 1.92. The summed E-state index contributed by atoms with van der Waals surface area (Å²) in [5.74, 6) is 0. The van der Waals surface area contributed by atoms with Crippen LogP contribution >= 0.6 is 22.9 Å². The summed E-state index contributed by atoms with van der Waals surface area (Å²) >= 11 is 7.07. The van der Waals surface area contributed by atoms with Crippen molar-refractivity contribution in [3.63, 3.8) is 0 Å². The molecule has 0 bridgehead atoms. The van der Waals surface area contributed by atoms with Gasteiger partial charge < -0.3 is 0 Å². The van der Waals surface area contributed by atoms with Crippen molar-refractivity contribution in [2.24, 2.45) is 0 Å². The van der Waals surface area contributed by atoms with Crippen molar-refractivity contribution >= 4 is 32.8 Å². The van der Waals surface area contributed by atoms with Gasteiger partial charge in [0.05, 0.1) is 9.92 Å². The lowest BCUT2D eigenvalue weighted by atomic mass is 10.5. The van der Waals surface area contributed by atoms with Crippen LogP contribution in [0.1, 0.15) is 4.88 Å². The van der Waals surface area contributed by atoms with Crippen LogP contribution in [-0.2, 0) is 9.84 Å². The van der Waals surface area contributed by atoms with Gasteiger partial charge in [-0.15, -0.1) is 11.3 Å². The fourth-order valence-corrected chi connectivity index (χ4v) is 3.34. The summed E-state index contributed by atoms with van der Waals surface area (Å²) in [4.78, 5) is 1.08. The molecule has 62 valence electrons. The lowest BCUT2D eigenvalue weighted by Crippen LogP contribution is -1.94. The van der Waals surface area contributed by atoms with E-state index in [4.69, 9.17) is 11.6 Å². The first kappa shape index (κ1) is 9.03. The minimum Gasteiger partial charge on any atom is -0.224 e. The van der Waals surface area contributed by atoms with Crippen molar-refractivity contribution in [1.29, 1.82) is 0 Å². The van der Waals surface area contributed by atoms with Crippen molar-refractivity contribution < 1.29 is 8.42 Å². The molecule has 5 heteroatoms. The third-order valence-electron chi connectivity index (χ3n) is 1.27. The molecule has 11 heavy (non-hydrogen) atoms. The van der Waals surface area contributed by atoms with E-state index in [0.29, 0.717) is 5.02 Å². The van der Waals surface area contributed by atoms with Gasteiger partial charge in [-0.25, -0.2) is 8.42 Å². The van der Waals surface area contributed by atoms with E-state index in [2.05, 4.69) is 0 Å². The molecule has 0 saturated carbocycles. The SMILES string of the molecule is Cc1scc(S(C)(=O)=O)c1Cl. The van der Waals surface area contributed by atoms with Gasteiger partial charge in [0.1, 0.15) is 0 Å². The van der Waals surface area contributed by atoms with Crippen LogP contribution in [0.15, 0.2) is 10.3 Å². The van der Waals surface area contributed by atoms with Gasteiger partial charge in [-0.3, -0.25) is 0 Å². The number of hydrogen-bond donors (Lipinski definition) is 0. The van der Waals surface area contributed by atoms with Crippen molar-refractivity contribution in [1.82, 2.24) is 0 Å². The second-order valence-corrected chi connectivity index (χ2v) is 5.69. The van der Waals surface area contributed by atoms with Crippen LogP contribution in [0.3, 0.4) is 0 Å². The van der Waals surface area contributed by atoms with Gasteiger partial charge in [0.15, 0.2) is 9.84 Å². The maximum atomic E-state index is 11.0. The first-order chi connectivity index (χ1) is 4.93. The van der Waals surface area contributed by atoms with Gasteiger partial charge in [-0.2, -0.15) is 0 Å². The Morgan fingerprint density at radius 3 is 2.27 bits per heavy atom. The second-order valence-electron chi connectivity index (χ2n) is 2.24. The first-order valence-electron chi connectivity index (χ1n) is 2.86. The number of hydrogen-bond acceptors (Lipinski definition) is 3. The van der Waals surface area contributed by atoms with E-state index in [1.54, 1.807) is 12.3 Å². The monoisotopic (exact) mass is 210 g/mol. The predicted octanol–water partition coefficient (Wildman–Crippen LogP) is 2.11. The molecule has 0 amide bonds. The highest BCUT2D eigenvalue weighted by molar-refractivity contribution is 7.91. The summed E-state index contributed by atoms with van der Waals surface area (Å²) in [7, 11) is -3.13. The normalized spacial score (nSPS) is 11.9. The molecule has 0 aliphatic carbocycles. The average Bonchev–Trinajstić information content (AvgIpc) is 2.11. The largest absolute Gasteiger partial charge is 0.224 e. The summed E-state index contributed by atoms with van der Waals surface area (Å²) in [6.07, 6.45) is 1.15. The topological polar surface area (TPSA) is 34.1 Å². The van der Waals surface area contributed by atoms with Crippen molar-refractivity contribution in [2.75, 3.05) is 6.26 Å². The van der Waals surface area contributed by atoms with Crippen LogP contribution in [0, 0.1) is 6.92 Å². The Balaban J connectivity index is 3.38. The highest BCUT2D eigenvalue weighted by Crippen LogP contribution is 2.30. The Morgan fingerprint density at radius 2 is 2.09 bits per heavy atom. The third kappa shape index (κ3) is 1.75. The molecule has 0 saturated heterocycles. The Bertz CT molecular complexity index is 364. The molecule has 1 rings (SSSR count). The summed E-state index contributed by atoms with van der Waals surface area (Å²) in [6, 6.07) is 0. The molecule has 0 fully saturated rings. The van der Waals surface area contributed by atoms with Gasteiger partial charge in [0, 0.05) is 16.5 Å². The molecule has 0 radical (unpaired) electrons. The zero-order valence-electron chi connectivity index (χ0n) is 6.09. The van der Waals surface area contributed by atoms with E-state index in [9.17, 15) is 8.42 Å². The van der Waals surface area contributed by atoms with Crippen LogP contribution in [0.2, 0.25) is 5.02 Å². The highest BCUT2D eigenvalue weighted by atomic mass is 35.5. The van der Waals surface area contributed by atoms with E-state index >= 15 is 0 Å². The summed E-state index contributed by atoms with van der Waals surface area (Å²) in [5.41, 5.74) is 0. The molecular weight excluding hydrogens is 204 g/mol. The standard InChI is InChI=1S/C6H7ClO2S2/c1-4-6(7)5(3-10-4)11(2,8)9/h3H,1-2H3. The molecule has 1 heterocycles. The van der Waals surface area contributed by atoms with Crippen molar-refractivity contribution in [2.45, 2.75) is 11.8 Å². The van der Waals surface area contributed by atoms with Crippen molar-refractivity contribution in [3.05, 3.63) is 15.3 Å². The van der Waals surface area contributed by atoms with Crippen LogP contribution < -0.4 is 0 Å². The Morgan fingerprint density at radius 1 is 1.55 bits per heavy atom. The maximum Gasteiger partial charge on any atom is 0.177 e. The maximum absolute atomic E-state index is 11.0. The minimum atomic E-state index is -3.13. The highest BCUT2D eigenvalue weighted by Gasteiger charge is 2.14. The number of aryl methyl sites for hydroxylation is 1. The molecule has 0 aromatic carbocycles.